The number of rotatable bonds is 8. The van der Waals surface area contributed by atoms with E-state index >= 15 is 0 Å². The zero-order valence-electron chi connectivity index (χ0n) is 12.9. The number of hydrogen-bond acceptors (Lipinski definition) is 10. The van der Waals surface area contributed by atoms with E-state index in [0.717, 1.165) is 0 Å². The minimum absolute atomic E-state index is 0.00544. The van der Waals surface area contributed by atoms with Crippen LogP contribution in [0.25, 0.3) is 0 Å². The Morgan fingerprint density at radius 3 is 2.17 bits per heavy atom. The predicted octanol–water partition coefficient (Wildman–Crippen LogP) is -4.25. The molecule has 11 nitrogen and oxygen atoms in total. The first-order valence-electron chi connectivity index (χ1n) is 7.38. The van der Waals surface area contributed by atoms with Gasteiger partial charge in [-0.25, -0.2) is 4.79 Å². The Morgan fingerprint density at radius 2 is 1.71 bits per heavy atom. The van der Waals surface area contributed by atoms with Gasteiger partial charge < -0.3 is 50.3 Å². The third-order valence-corrected chi connectivity index (χ3v) is 3.85. The van der Waals surface area contributed by atoms with Gasteiger partial charge >= 0.3 is 5.97 Å². The van der Waals surface area contributed by atoms with Crippen molar-refractivity contribution in [3.05, 3.63) is 0 Å². The van der Waals surface area contributed by atoms with Gasteiger partial charge in [-0.1, -0.05) is 6.92 Å². The summed E-state index contributed by atoms with van der Waals surface area (Å²) in [6.45, 7) is 0.778. The topological polar surface area (TPSA) is 197 Å². The quantitative estimate of drug-likeness (QED) is 0.209. The van der Waals surface area contributed by atoms with Crippen LogP contribution in [0.15, 0.2) is 0 Å². The number of carbonyl (C=O) groups is 1. The molecular formula is C13H24O11. The standard InChI is InChI=1S/C13H24O11/c1-2-4(15)11(8(18)9(19)12(21)22)24-13-10(20)7(17)6(16)5(3-14)23-13/h4-11,13-20H,2-3H2,1H3,(H,21,22)/t4-,5-,6+,7+,8-,9-,10-,11-,13+/m1/s1. The Balaban J connectivity index is 2.94. The largest absolute Gasteiger partial charge is 0.479 e. The number of ether oxygens (including phenoxy) is 2. The van der Waals surface area contributed by atoms with Crippen molar-refractivity contribution in [3.8, 4) is 0 Å². The molecule has 1 heterocycles. The highest BCUT2D eigenvalue weighted by Gasteiger charge is 2.47. The Bertz CT molecular complexity index is 403. The molecule has 0 aromatic rings. The molecule has 24 heavy (non-hydrogen) atoms. The Kier molecular flexibility index (Phi) is 7.92. The summed E-state index contributed by atoms with van der Waals surface area (Å²) in [6.07, 6.45) is -15.6. The molecule has 1 aliphatic heterocycles. The maximum Gasteiger partial charge on any atom is 0.335 e. The molecule has 0 amide bonds. The molecule has 0 aromatic heterocycles. The molecule has 11 heteroatoms. The van der Waals surface area contributed by atoms with E-state index in [1.54, 1.807) is 0 Å². The number of aliphatic hydroxyl groups excluding tert-OH is 7. The minimum Gasteiger partial charge on any atom is -0.479 e. The molecule has 0 spiro atoms. The van der Waals surface area contributed by atoms with Crippen LogP contribution in [0.1, 0.15) is 13.3 Å². The summed E-state index contributed by atoms with van der Waals surface area (Å²) in [5, 5.41) is 76.2. The average Bonchev–Trinajstić information content (AvgIpc) is 2.57. The average molecular weight is 356 g/mol. The fourth-order valence-electron chi connectivity index (χ4n) is 2.29. The lowest BCUT2D eigenvalue weighted by Gasteiger charge is -2.42. The summed E-state index contributed by atoms with van der Waals surface area (Å²) < 4.78 is 10.2. The van der Waals surface area contributed by atoms with Crippen LogP contribution in [0.5, 0.6) is 0 Å². The van der Waals surface area contributed by atoms with Crippen LogP contribution in [0.4, 0.5) is 0 Å². The molecular weight excluding hydrogens is 332 g/mol. The minimum atomic E-state index is -2.28. The van der Waals surface area contributed by atoms with Crippen LogP contribution in [-0.4, -0.2) is 109 Å². The highest BCUT2D eigenvalue weighted by atomic mass is 16.7. The second kappa shape index (κ2) is 8.99. The number of hydrogen-bond donors (Lipinski definition) is 8. The van der Waals surface area contributed by atoms with E-state index in [1.807, 2.05) is 0 Å². The van der Waals surface area contributed by atoms with Gasteiger partial charge in [0, 0.05) is 0 Å². The van der Waals surface area contributed by atoms with E-state index in [4.69, 9.17) is 19.7 Å². The van der Waals surface area contributed by atoms with Crippen LogP contribution >= 0.6 is 0 Å². The van der Waals surface area contributed by atoms with Crippen molar-refractivity contribution < 1.29 is 55.1 Å². The number of carboxylic acid groups (broad SMARTS) is 1. The van der Waals surface area contributed by atoms with Gasteiger partial charge in [-0.05, 0) is 6.42 Å². The van der Waals surface area contributed by atoms with E-state index in [1.165, 1.54) is 6.92 Å². The number of aliphatic carboxylic acids is 1. The zero-order valence-corrected chi connectivity index (χ0v) is 12.9. The van der Waals surface area contributed by atoms with Crippen molar-refractivity contribution >= 4 is 5.97 Å². The zero-order chi connectivity index (χ0) is 18.6. The van der Waals surface area contributed by atoms with Gasteiger partial charge in [0.25, 0.3) is 0 Å². The van der Waals surface area contributed by atoms with Crippen molar-refractivity contribution in [1.29, 1.82) is 0 Å². The third-order valence-electron chi connectivity index (χ3n) is 3.85. The lowest BCUT2D eigenvalue weighted by atomic mass is 9.98. The smallest absolute Gasteiger partial charge is 0.335 e. The van der Waals surface area contributed by atoms with Crippen LogP contribution < -0.4 is 0 Å². The van der Waals surface area contributed by atoms with E-state index in [2.05, 4.69) is 0 Å². The maximum absolute atomic E-state index is 10.8. The highest BCUT2D eigenvalue weighted by molar-refractivity contribution is 5.72. The van der Waals surface area contributed by atoms with Crippen LogP contribution in [0.3, 0.4) is 0 Å². The van der Waals surface area contributed by atoms with Crippen LogP contribution in [-0.2, 0) is 14.3 Å². The van der Waals surface area contributed by atoms with E-state index in [-0.39, 0.29) is 6.42 Å². The molecule has 1 aliphatic rings. The Morgan fingerprint density at radius 1 is 1.12 bits per heavy atom. The van der Waals surface area contributed by atoms with Crippen molar-refractivity contribution in [2.24, 2.45) is 0 Å². The molecule has 1 saturated heterocycles. The first kappa shape index (κ1) is 21.2. The second-order valence-corrected chi connectivity index (χ2v) is 5.55. The van der Waals surface area contributed by atoms with Gasteiger partial charge in [0.1, 0.15) is 36.6 Å². The van der Waals surface area contributed by atoms with Gasteiger partial charge in [0.05, 0.1) is 12.7 Å². The van der Waals surface area contributed by atoms with Crippen LogP contribution in [0.2, 0.25) is 0 Å². The monoisotopic (exact) mass is 356 g/mol. The number of carboxylic acids is 1. The van der Waals surface area contributed by atoms with Crippen molar-refractivity contribution in [2.45, 2.75) is 68.5 Å². The van der Waals surface area contributed by atoms with Gasteiger partial charge in [0.2, 0.25) is 0 Å². The fraction of sp³-hybridized carbons (Fsp3) is 0.923. The van der Waals surface area contributed by atoms with Gasteiger partial charge in [-0.15, -0.1) is 0 Å². The Labute approximate surface area is 137 Å². The summed E-state index contributed by atoms with van der Waals surface area (Å²) >= 11 is 0. The van der Waals surface area contributed by atoms with E-state index in [0.29, 0.717) is 0 Å². The molecule has 9 atom stereocenters. The van der Waals surface area contributed by atoms with Crippen molar-refractivity contribution in [1.82, 2.24) is 0 Å². The summed E-state index contributed by atoms with van der Waals surface area (Å²) in [5.41, 5.74) is 0. The lowest BCUT2D eigenvalue weighted by Crippen LogP contribution is -2.61. The molecule has 1 fully saturated rings. The predicted molar refractivity (Wildman–Crippen MR) is 74.6 cm³/mol. The molecule has 0 aliphatic carbocycles. The lowest BCUT2D eigenvalue weighted by molar-refractivity contribution is -0.326. The van der Waals surface area contributed by atoms with E-state index < -0.39 is 67.7 Å². The number of aliphatic hydroxyl groups is 7. The summed E-state index contributed by atoms with van der Waals surface area (Å²) in [6, 6.07) is 0. The van der Waals surface area contributed by atoms with Gasteiger partial charge in [-0.3, -0.25) is 0 Å². The normalized spacial score (nSPS) is 35.9. The SMILES string of the molecule is CC[C@@H](O)[C@@H](O[C@@H]1O[C@H](CO)[C@H](O)[C@H](O)[C@H]1O)[C@H](O)[C@@H](O)C(=O)O. The molecule has 0 unspecified atom stereocenters. The summed E-state index contributed by atoms with van der Waals surface area (Å²) in [4.78, 5) is 10.8. The van der Waals surface area contributed by atoms with Crippen LogP contribution in [0, 0.1) is 0 Å². The summed E-state index contributed by atoms with van der Waals surface area (Å²) in [7, 11) is 0. The second-order valence-electron chi connectivity index (χ2n) is 5.55. The van der Waals surface area contributed by atoms with E-state index in [9.17, 15) is 35.4 Å². The molecule has 142 valence electrons. The van der Waals surface area contributed by atoms with Gasteiger partial charge in [0.15, 0.2) is 12.4 Å². The maximum atomic E-state index is 10.8. The molecule has 0 aromatic carbocycles. The molecule has 8 N–H and O–H groups in total. The summed E-state index contributed by atoms with van der Waals surface area (Å²) in [5.74, 6) is -1.76. The fourth-order valence-corrected chi connectivity index (χ4v) is 2.29. The first-order chi connectivity index (χ1) is 11.1. The van der Waals surface area contributed by atoms with Crippen molar-refractivity contribution in [2.75, 3.05) is 6.61 Å². The van der Waals surface area contributed by atoms with Gasteiger partial charge in [-0.2, -0.15) is 0 Å². The first-order valence-corrected chi connectivity index (χ1v) is 7.38. The Hall–Kier alpha value is -0.890. The molecule has 0 bridgehead atoms. The molecule has 0 radical (unpaired) electrons. The third kappa shape index (κ3) is 4.59. The molecule has 0 saturated carbocycles. The highest BCUT2D eigenvalue weighted by Crippen LogP contribution is 2.25. The molecule has 1 rings (SSSR count). The van der Waals surface area contributed by atoms with Crippen molar-refractivity contribution in [3.63, 3.8) is 0 Å².